The second-order valence-corrected chi connectivity index (χ2v) is 7.45. The van der Waals surface area contributed by atoms with Gasteiger partial charge in [-0.05, 0) is 30.3 Å². The highest BCUT2D eigenvalue weighted by molar-refractivity contribution is 7.22. The lowest BCUT2D eigenvalue weighted by Crippen LogP contribution is -2.52. The van der Waals surface area contributed by atoms with E-state index in [1.165, 1.54) is 24.3 Å². The van der Waals surface area contributed by atoms with E-state index in [9.17, 15) is 14.0 Å². The van der Waals surface area contributed by atoms with Crippen molar-refractivity contribution in [3.8, 4) is 0 Å². The molecule has 1 fully saturated rings. The maximum atomic E-state index is 13.8. The number of anilines is 3. The molecule has 0 radical (unpaired) electrons. The summed E-state index contributed by atoms with van der Waals surface area (Å²) in [5.74, 6) is -0.742. The highest BCUT2D eigenvalue weighted by atomic mass is 32.1. The van der Waals surface area contributed by atoms with Gasteiger partial charge >= 0.3 is 0 Å². The Morgan fingerprint density at radius 3 is 2.56 bits per heavy atom. The Morgan fingerprint density at radius 1 is 1.15 bits per heavy atom. The maximum Gasteiger partial charge on any atom is 0.231 e. The first kappa shape index (κ1) is 17.4. The molecule has 0 spiro atoms. The number of aromatic nitrogens is 1. The first-order chi connectivity index (χ1) is 13.0. The van der Waals surface area contributed by atoms with E-state index in [1.807, 2.05) is 11.0 Å². The van der Waals surface area contributed by atoms with Gasteiger partial charge in [-0.25, -0.2) is 9.37 Å². The Hall–Kier alpha value is -3.00. The van der Waals surface area contributed by atoms with Crippen LogP contribution in [0.25, 0.3) is 10.2 Å². The summed E-state index contributed by atoms with van der Waals surface area (Å²) in [5, 5.41) is 6.29. The monoisotopic (exact) mass is 384 g/mol. The zero-order valence-corrected chi connectivity index (χ0v) is 15.3. The Labute approximate surface area is 159 Å². The molecule has 0 aliphatic carbocycles. The van der Waals surface area contributed by atoms with Gasteiger partial charge in [0, 0.05) is 31.4 Å². The van der Waals surface area contributed by atoms with E-state index in [-0.39, 0.29) is 23.5 Å². The van der Waals surface area contributed by atoms with Crippen molar-refractivity contribution < 1.29 is 14.0 Å². The average molecular weight is 384 g/mol. The summed E-state index contributed by atoms with van der Waals surface area (Å²) < 4.78 is 14.6. The van der Waals surface area contributed by atoms with Crippen molar-refractivity contribution >= 4 is 49.9 Å². The molecule has 1 aliphatic rings. The van der Waals surface area contributed by atoms with Gasteiger partial charge in [-0.3, -0.25) is 9.59 Å². The number of hydrogen-bond acceptors (Lipinski definition) is 5. The third-order valence-corrected chi connectivity index (χ3v) is 5.41. The van der Waals surface area contributed by atoms with E-state index in [4.69, 9.17) is 0 Å². The van der Waals surface area contributed by atoms with Crippen LogP contribution in [0.5, 0.6) is 0 Å². The van der Waals surface area contributed by atoms with Crippen LogP contribution in [-0.4, -0.2) is 29.9 Å². The Balaban J connectivity index is 1.38. The number of para-hydroxylation sites is 1. The molecule has 0 atom stereocenters. The average Bonchev–Trinajstić information content (AvgIpc) is 2.98. The van der Waals surface area contributed by atoms with Gasteiger partial charge in [0.1, 0.15) is 11.3 Å². The molecule has 1 aliphatic heterocycles. The van der Waals surface area contributed by atoms with Crippen molar-refractivity contribution in [2.75, 3.05) is 28.6 Å². The van der Waals surface area contributed by atoms with E-state index in [0.29, 0.717) is 30.0 Å². The Bertz CT molecular complexity index is 1030. The van der Waals surface area contributed by atoms with Crippen LogP contribution in [0.3, 0.4) is 0 Å². The van der Waals surface area contributed by atoms with Crippen molar-refractivity contribution in [1.29, 1.82) is 0 Å². The number of benzene rings is 2. The molecule has 2 amide bonds. The van der Waals surface area contributed by atoms with Gasteiger partial charge in [-0.2, -0.15) is 0 Å². The Morgan fingerprint density at radius 2 is 1.85 bits per heavy atom. The second-order valence-electron chi connectivity index (χ2n) is 6.44. The lowest BCUT2D eigenvalue weighted by atomic mass is 10.00. The van der Waals surface area contributed by atoms with Gasteiger partial charge in [0.05, 0.1) is 10.6 Å². The standard InChI is InChI=1S/C19H17FN4O2S/c1-11(25)21-13-4-2-5-14(8-13)22-18(26)12-9-24(10-12)19-23-17-15(20)6-3-7-16(17)27-19/h2-8,12H,9-10H2,1H3,(H,21,25)(H,22,26). The minimum atomic E-state index is -0.330. The first-order valence-electron chi connectivity index (χ1n) is 8.48. The highest BCUT2D eigenvalue weighted by Crippen LogP contribution is 2.34. The summed E-state index contributed by atoms with van der Waals surface area (Å²) in [5.41, 5.74) is 1.64. The number of carbonyl (C=O) groups is 2. The molecular weight excluding hydrogens is 367 g/mol. The van der Waals surface area contributed by atoms with Crippen LogP contribution in [0.4, 0.5) is 20.9 Å². The van der Waals surface area contributed by atoms with E-state index in [0.717, 1.165) is 9.83 Å². The molecule has 0 saturated carbocycles. The van der Waals surface area contributed by atoms with Gasteiger partial charge in [-0.1, -0.05) is 23.5 Å². The molecule has 6 nitrogen and oxygen atoms in total. The molecule has 1 saturated heterocycles. The summed E-state index contributed by atoms with van der Waals surface area (Å²) in [6.07, 6.45) is 0. The Kier molecular flexibility index (Phi) is 4.49. The van der Waals surface area contributed by atoms with Crippen molar-refractivity contribution in [2.24, 2.45) is 5.92 Å². The number of carbonyl (C=O) groups excluding carboxylic acids is 2. The number of halogens is 1. The minimum Gasteiger partial charge on any atom is -0.346 e. The van der Waals surface area contributed by atoms with Crippen molar-refractivity contribution in [3.63, 3.8) is 0 Å². The van der Waals surface area contributed by atoms with Crippen LogP contribution < -0.4 is 15.5 Å². The summed E-state index contributed by atoms with van der Waals surface area (Å²) in [4.78, 5) is 29.9. The number of amides is 2. The fraction of sp³-hybridized carbons (Fsp3) is 0.211. The van der Waals surface area contributed by atoms with Crippen LogP contribution in [0.1, 0.15) is 6.92 Å². The van der Waals surface area contributed by atoms with Crippen LogP contribution >= 0.6 is 11.3 Å². The second kappa shape index (κ2) is 6.96. The van der Waals surface area contributed by atoms with Crippen molar-refractivity contribution in [3.05, 3.63) is 48.3 Å². The fourth-order valence-electron chi connectivity index (χ4n) is 2.96. The molecule has 2 aromatic carbocycles. The van der Waals surface area contributed by atoms with Crippen LogP contribution in [-0.2, 0) is 9.59 Å². The largest absolute Gasteiger partial charge is 0.346 e. The summed E-state index contributed by atoms with van der Waals surface area (Å²) >= 11 is 1.42. The molecule has 3 aromatic rings. The zero-order valence-electron chi connectivity index (χ0n) is 14.5. The molecule has 27 heavy (non-hydrogen) atoms. The smallest absolute Gasteiger partial charge is 0.231 e. The van der Waals surface area contributed by atoms with Crippen LogP contribution in [0.15, 0.2) is 42.5 Å². The van der Waals surface area contributed by atoms with Crippen LogP contribution in [0.2, 0.25) is 0 Å². The van der Waals surface area contributed by atoms with Gasteiger partial charge in [0.2, 0.25) is 11.8 Å². The molecule has 0 bridgehead atoms. The number of thiazole rings is 1. The third kappa shape index (κ3) is 3.61. The number of nitrogens with one attached hydrogen (secondary N) is 2. The number of nitrogens with zero attached hydrogens (tertiary/aromatic N) is 2. The first-order valence-corrected chi connectivity index (χ1v) is 9.30. The maximum absolute atomic E-state index is 13.8. The molecule has 2 heterocycles. The third-order valence-electron chi connectivity index (χ3n) is 4.33. The van der Waals surface area contributed by atoms with Gasteiger partial charge in [0.15, 0.2) is 5.13 Å². The lowest BCUT2D eigenvalue weighted by molar-refractivity contribution is -0.120. The number of fused-ring (bicyclic) bond motifs is 1. The van der Waals surface area contributed by atoms with Gasteiger partial charge in [0.25, 0.3) is 0 Å². The molecule has 2 N–H and O–H groups in total. The predicted octanol–water partition coefficient (Wildman–Crippen LogP) is 3.47. The van der Waals surface area contributed by atoms with E-state index in [1.54, 1.807) is 30.3 Å². The quantitative estimate of drug-likeness (QED) is 0.722. The minimum absolute atomic E-state index is 0.0847. The normalized spacial score (nSPS) is 14.1. The SMILES string of the molecule is CC(=O)Nc1cccc(NC(=O)C2CN(c3nc4c(F)cccc4s3)C2)c1. The lowest BCUT2D eigenvalue weighted by Gasteiger charge is -2.37. The molecule has 1 aromatic heterocycles. The molecule has 8 heteroatoms. The summed E-state index contributed by atoms with van der Waals surface area (Å²) in [6.45, 7) is 2.51. The predicted molar refractivity (Wildman–Crippen MR) is 105 cm³/mol. The summed E-state index contributed by atoms with van der Waals surface area (Å²) in [6, 6.07) is 11.9. The van der Waals surface area contributed by atoms with Crippen LogP contribution in [0, 0.1) is 11.7 Å². The molecular formula is C19H17FN4O2S. The van der Waals surface area contributed by atoms with Gasteiger partial charge in [-0.15, -0.1) is 0 Å². The van der Waals surface area contributed by atoms with Crippen molar-refractivity contribution in [1.82, 2.24) is 4.98 Å². The van der Waals surface area contributed by atoms with E-state index in [2.05, 4.69) is 15.6 Å². The van der Waals surface area contributed by atoms with E-state index >= 15 is 0 Å². The molecule has 138 valence electrons. The van der Waals surface area contributed by atoms with Crippen molar-refractivity contribution in [2.45, 2.75) is 6.92 Å². The molecule has 4 rings (SSSR count). The zero-order chi connectivity index (χ0) is 19.0. The topological polar surface area (TPSA) is 74.3 Å². The number of hydrogen-bond donors (Lipinski definition) is 2. The fourth-order valence-corrected chi connectivity index (χ4v) is 3.96. The molecule has 0 unspecified atom stereocenters. The highest BCUT2D eigenvalue weighted by Gasteiger charge is 2.34. The van der Waals surface area contributed by atoms with Gasteiger partial charge < -0.3 is 15.5 Å². The summed E-state index contributed by atoms with van der Waals surface area (Å²) in [7, 11) is 0. The number of rotatable bonds is 4. The van der Waals surface area contributed by atoms with E-state index < -0.39 is 0 Å².